The molecule has 2 heteroatoms. The first kappa shape index (κ1) is 20.0. The van der Waals surface area contributed by atoms with E-state index in [1.165, 1.54) is 44.9 Å². The van der Waals surface area contributed by atoms with Crippen LogP contribution in [0.2, 0.25) is 0 Å². The van der Waals surface area contributed by atoms with Gasteiger partial charge in [-0.15, -0.1) is 0 Å². The van der Waals surface area contributed by atoms with Gasteiger partial charge in [-0.05, 0) is 56.3 Å². The molecular formula is C21H36O2. The lowest BCUT2D eigenvalue weighted by atomic mass is 9.90. The van der Waals surface area contributed by atoms with Crippen molar-refractivity contribution in [2.24, 2.45) is 17.8 Å². The van der Waals surface area contributed by atoms with Crippen molar-refractivity contribution >= 4 is 5.97 Å². The highest BCUT2D eigenvalue weighted by atomic mass is 16.4. The Hall–Kier alpha value is -1.05. The summed E-state index contributed by atoms with van der Waals surface area (Å²) in [6.07, 6.45) is 21.9. The van der Waals surface area contributed by atoms with Crippen LogP contribution in [0.15, 0.2) is 24.3 Å². The molecule has 1 aliphatic rings. The third-order valence-electron chi connectivity index (χ3n) is 5.03. The lowest BCUT2D eigenvalue weighted by Gasteiger charge is -2.15. The average molecular weight is 321 g/mol. The largest absolute Gasteiger partial charge is 0.481 e. The molecule has 0 amide bonds. The van der Waals surface area contributed by atoms with Gasteiger partial charge < -0.3 is 5.11 Å². The minimum atomic E-state index is -0.688. The number of carboxylic acids is 1. The Labute approximate surface area is 143 Å². The zero-order valence-electron chi connectivity index (χ0n) is 15.2. The quantitative estimate of drug-likeness (QED) is 0.335. The van der Waals surface area contributed by atoms with Crippen LogP contribution in [0.5, 0.6) is 0 Å². The fourth-order valence-electron chi connectivity index (χ4n) is 3.52. The van der Waals surface area contributed by atoms with E-state index in [-0.39, 0.29) is 6.42 Å². The Kier molecular flexibility index (Phi) is 10.8. The molecule has 0 aromatic heterocycles. The average Bonchev–Trinajstić information content (AvgIpc) is 2.96. The maximum absolute atomic E-state index is 10.5. The lowest BCUT2D eigenvalue weighted by Crippen LogP contribution is -2.04. The minimum Gasteiger partial charge on any atom is -0.481 e. The topological polar surface area (TPSA) is 37.3 Å². The number of carbonyl (C=O) groups is 1. The van der Waals surface area contributed by atoms with Gasteiger partial charge in [0.05, 0.1) is 0 Å². The van der Waals surface area contributed by atoms with Crippen molar-refractivity contribution in [3.8, 4) is 0 Å². The summed E-state index contributed by atoms with van der Waals surface area (Å²) >= 11 is 0. The molecule has 1 rings (SSSR count). The number of carboxylic acid groups (broad SMARTS) is 1. The van der Waals surface area contributed by atoms with Gasteiger partial charge in [0.25, 0.3) is 0 Å². The summed E-state index contributed by atoms with van der Waals surface area (Å²) in [6, 6.07) is 0. The van der Waals surface area contributed by atoms with Gasteiger partial charge in [-0.1, -0.05) is 63.8 Å². The highest BCUT2D eigenvalue weighted by Crippen LogP contribution is 2.35. The molecule has 0 heterocycles. The van der Waals surface area contributed by atoms with Crippen molar-refractivity contribution in [2.75, 3.05) is 0 Å². The molecule has 0 aliphatic heterocycles. The van der Waals surface area contributed by atoms with Gasteiger partial charge in [-0.2, -0.15) is 0 Å². The molecule has 1 saturated carbocycles. The fourth-order valence-corrected chi connectivity index (χ4v) is 3.52. The van der Waals surface area contributed by atoms with E-state index in [1.807, 2.05) is 0 Å². The van der Waals surface area contributed by atoms with E-state index in [0.29, 0.717) is 0 Å². The summed E-state index contributed by atoms with van der Waals surface area (Å²) in [5, 5.41) is 8.62. The second-order valence-corrected chi connectivity index (χ2v) is 7.21. The maximum Gasteiger partial charge on any atom is 0.303 e. The smallest absolute Gasteiger partial charge is 0.303 e. The van der Waals surface area contributed by atoms with Gasteiger partial charge in [0, 0.05) is 6.42 Å². The Morgan fingerprint density at radius 1 is 1.22 bits per heavy atom. The maximum atomic E-state index is 10.5. The molecule has 0 aromatic carbocycles. The molecule has 0 radical (unpaired) electrons. The molecular weight excluding hydrogens is 284 g/mol. The minimum absolute atomic E-state index is 0.287. The number of hydrogen-bond acceptors (Lipinski definition) is 1. The van der Waals surface area contributed by atoms with E-state index in [2.05, 4.69) is 38.2 Å². The van der Waals surface area contributed by atoms with Gasteiger partial charge in [-0.25, -0.2) is 0 Å². The molecule has 23 heavy (non-hydrogen) atoms. The van der Waals surface area contributed by atoms with Crippen molar-refractivity contribution in [3.05, 3.63) is 24.3 Å². The number of aliphatic carboxylic acids is 1. The third kappa shape index (κ3) is 9.63. The van der Waals surface area contributed by atoms with E-state index < -0.39 is 5.97 Å². The van der Waals surface area contributed by atoms with Gasteiger partial charge in [0.1, 0.15) is 0 Å². The first-order valence-electron chi connectivity index (χ1n) is 9.68. The van der Waals surface area contributed by atoms with Gasteiger partial charge >= 0.3 is 5.97 Å². The Bertz CT molecular complexity index is 370. The van der Waals surface area contributed by atoms with Crippen molar-refractivity contribution in [1.29, 1.82) is 0 Å². The number of unbranched alkanes of at least 4 members (excludes halogenated alkanes) is 3. The molecule has 1 fully saturated rings. The Balaban J connectivity index is 2.24. The van der Waals surface area contributed by atoms with Crippen LogP contribution in [-0.4, -0.2) is 11.1 Å². The van der Waals surface area contributed by atoms with Crippen LogP contribution in [0.25, 0.3) is 0 Å². The molecule has 0 aromatic rings. The van der Waals surface area contributed by atoms with Crippen LogP contribution in [0.3, 0.4) is 0 Å². The SMILES string of the molecule is CCCCC[C@@H](C)/C=C/[C@H]1CCC[C@@H]1C/C=C\CCCC(=O)O. The Morgan fingerprint density at radius 2 is 2.04 bits per heavy atom. The van der Waals surface area contributed by atoms with Crippen molar-refractivity contribution < 1.29 is 9.90 Å². The van der Waals surface area contributed by atoms with Gasteiger partial charge in [-0.3, -0.25) is 4.79 Å². The predicted molar refractivity (Wildman–Crippen MR) is 98.5 cm³/mol. The van der Waals surface area contributed by atoms with E-state index in [9.17, 15) is 4.79 Å². The molecule has 0 unspecified atom stereocenters. The summed E-state index contributed by atoms with van der Waals surface area (Å²) in [5.74, 6) is 1.58. The standard InChI is InChI=1S/C21H36O2/c1-3-4-7-11-18(2)16-17-20-14-10-13-19(20)12-8-5-6-9-15-21(22)23/h5,8,16-20H,3-4,6-7,9-15H2,1-2H3,(H,22,23)/b8-5-,17-16+/t18-,19+,20-/m1/s1. The van der Waals surface area contributed by atoms with E-state index >= 15 is 0 Å². The van der Waals surface area contributed by atoms with Crippen LogP contribution in [0.4, 0.5) is 0 Å². The van der Waals surface area contributed by atoms with Gasteiger partial charge in [0.2, 0.25) is 0 Å². The summed E-state index contributed by atoms with van der Waals surface area (Å²) in [6.45, 7) is 4.61. The number of rotatable bonds is 12. The van der Waals surface area contributed by atoms with Crippen LogP contribution in [0.1, 0.15) is 84.5 Å². The summed E-state index contributed by atoms with van der Waals surface area (Å²) in [4.78, 5) is 10.5. The van der Waals surface area contributed by atoms with E-state index in [0.717, 1.165) is 37.0 Å². The monoisotopic (exact) mass is 320 g/mol. The lowest BCUT2D eigenvalue weighted by molar-refractivity contribution is -0.137. The predicted octanol–water partition coefficient (Wildman–Crippen LogP) is 6.38. The molecule has 1 aliphatic carbocycles. The zero-order chi connectivity index (χ0) is 16.9. The van der Waals surface area contributed by atoms with Crippen molar-refractivity contribution in [1.82, 2.24) is 0 Å². The van der Waals surface area contributed by atoms with Crippen molar-refractivity contribution in [3.63, 3.8) is 0 Å². The van der Waals surface area contributed by atoms with Crippen molar-refractivity contribution in [2.45, 2.75) is 84.5 Å². The molecule has 132 valence electrons. The first-order chi connectivity index (χ1) is 11.1. The molecule has 0 spiro atoms. The van der Waals surface area contributed by atoms with Crippen LogP contribution in [-0.2, 0) is 4.79 Å². The van der Waals surface area contributed by atoms with E-state index in [1.54, 1.807) is 0 Å². The number of allylic oxidation sites excluding steroid dienone is 4. The van der Waals surface area contributed by atoms with Crippen LogP contribution in [0, 0.1) is 17.8 Å². The highest BCUT2D eigenvalue weighted by molar-refractivity contribution is 5.66. The van der Waals surface area contributed by atoms with Gasteiger partial charge in [0.15, 0.2) is 0 Å². The number of hydrogen-bond donors (Lipinski definition) is 1. The molecule has 3 atom stereocenters. The molecule has 0 saturated heterocycles. The second kappa shape index (κ2) is 12.4. The molecule has 2 nitrogen and oxygen atoms in total. The van der Waals surface area contributed by atoms with E-state index in [4.69, 9.17) is 5.11 Å². The third-order valence-corrected chi connectivity index (χ3v) is 5.03. The molecule has 1 N–H and O–H groups in total. The zero-order valence-corrected chi connectivity index (χ0v) is 15.2. The van der Waals surface area contributed by atoms with Crippen LogP contribution < -0.4 is 0 Å². The fraction of sp³-hybridized carbons (Fsp3) is 0.762. The molecule has 0 bridgehead atoms. The Morgan fingerprint density at radius 3 is 2.78 bits per heavy atom. The second-order valence-electron chi connectivity index (χ2n) is 7.21. The summed E-state index contributed by atoms with van der Waals surface area (Å²) in [5.41, 5.74) is 0. The first-order valence-corrected chi connectivity index (χ1v) is 9.68. The summed E-state index contributed by atoms with van der Waals surface area (Å²) in [7, 11) is 0. The summed E-state index contributed by atoms with van der Waals surface area (Å²) < 4.78 is 0. The normalized spacial score (nSPS) is 23.0. The highest BCUT2D eigenvalue weighted by Gasteiger charge is 2.23. The van der Waals surface area contributed by atoms with Crippen LogP contribution >= 0.6 is 0 Å².